The summed E-state index contributed by atoms with van der Waals surface area (Å²) in [6, 6.07) is 22.8. The van der Waals surface area contributed by atoms with E-state index in [4.69, 9.17) is 9.72 Å². The van der Waals surface area contributed by atoms with Crippen LogP contribution in [0, 0.1) is 0 Å². The van der Waals surface area contributed by atoms with Gasteiger partial charge >= 0.3 is 0 Å². The second-order valence-electron chi connectivity index (χ2n) is 7.90. The van der Waals surface area contributed by atoms with Gasteiger partial charge in [-0.05, 0) is 47.9 Å². The van der Waals surface area contributed by atoms with Crippen LogP contribution >= 0.6 is 11.8 Å². The van der Waals surface area contributed by atoms with Crippen molar-refractivity contribution in [2.24, 2.45) is 0 Å². The number of aromatic nitrogens is 2. The van der Waals surface area contributed by atoms with E-state index in [1.807, 2.05) is 61.5 Å². The molecule has 1 amide bonds. The van der Waals surface area contributed by atoms with Crippen LogP contribution in [0.3, 0.4) is 0 Å². The highest BCUT2D eigenvalue weighted by Crippen LogP contribution is 2.25. The number of hydrogen-bond acceptors (Lipinski definition) is 5. The van der Waals surface area contributed by atoms with Gasteiger partial charge in [0.1, 0.15) is 5.75 Å². The lowest BCUT2D eigenvalue weighted by Crippen LogP contribution is -2.26. The molecule has 1 aromatic heterocycles. The molecule has 6 nitrogen and oxygen atoms in total. The molecule has 0 aliphatic heterocycles. The third-order valence-electron chi connectivity index (χ3n) is 5.40. The number of nitrogens with zero attached hydrogens (tertiary/aromatic N) is 2. The molecule has 0 aliphatic carbocycles. The first-order valence-corrected chi connectivity index (χ1v) is 12.2. The van der Waals surface area contributed by atoms with E-state index in [0.717, 1.165) is 23.3 Å². The van der Waals surface area contributed by atoms with E-state index in [0.29, 0.717) is 40.5 Å². The summed E-state index contributed by atoms with van der Waals surface area (Å²) in [5, 5.41) is 3.98. The molecule has 1 N–H and O–H groups in total. The molecule has 0 unspecified atom stereocenters. The number of amides is 1. The van der Waals surface area contributed by atoms with Crippen molar-refractivity contribution < 1.29 is 9.53 Å². The lowest BCUT2D eigenvalue weighted by atomic mass is 10.1. The quantitative estimate of drug-likeness (QED) is 0.277. The molecule has 0 saturated carbocycles. The Morgan fingerprint density at radius 3 is 2.59 bits per heavy atom. The Labute approximate surface area is 203 Å². The Morgan fingerprint density at radius 2 is 1.82 bits per heavy atom. The molecule has 0 fully saturated rings. The van der Waals surface area contributed by atoms with Crippen molar-refractivity contribution in [3.8, 4) is 5.75 Å². The van der Waals surface area contributed by atoms with Crippen LogP contribution < -0.4 is 15.6 Å². The number of nitrogens with one attached hydrogen (secondary N) is 1. The lowest BCUT2D eigenvalue weighted by molar-refractivity contribution is 0.0954. The number of ether oxygens (including phenoxy) is 1. The predicted octanol–water partition coefficient (Wildman–Crippen LogP) is 4.89. The Kier molecular flexibility index (Phi) is 7.65. The molecule has 0 bridgehead atoms. The average Bonchev–Trinajstić information content (AvgIpc) is 2.88. The average molecular weight is 474 g/mol. The lowest BCUT2D eigenvalue weighted by Gasteiger charge is -2.14. The Bertz CT molecular complexity index is 1350. The van der Waals surface area contributed by atoms with E-state index in [-0.39, 0.29) is 11.5 Å². The first kappa shape index (κ1) is 23.6. The van der Waals surface area contributed by atoms with Crippen LogP contribution in [0.1, 0.15) is 34.8 Å². The molecular weight excluding hydrogens is 446 g/mol. The Morgan fingerprint density at radius 1 is 1.03 bits per heavy atom. The van der Waals surface area contributed by atoms with Crippen LogP contribution in [0.15, 0.2) is 82.7 Å². The van der Waals surface area contributed by atoms with Gasteiger partial charge in [-0.15, -0.1) is 0 Å². The fourth-order valence-electron chi connectivity index (χ4n) is 3.61. The third-order valence-corrected chi connectivity index (χ3v) is 6.45. The molecule has 0 saturated heterocycles. The zero-order valence-electron chi connectivity index (χ0n) is 19.3. The van der Waals surface area contributed by atoms with E-state index < -0.39 is 0 Å². The van der Waals surface area contributed by atoms with Crippen molar-refractivity contribution in [2.45, 2.75) is 30.8 Å². The third kappa shape index (κ3) is 5.48. The van der Waals surface area contributed by atoms with Crippen LogP contribution in [0.5, 0.6) is 5.75 Å². The summed E-state index contributed by atoms with van der Waals surface area (Å²) < 4.78 is 7.04. The molecule has 4 rings (SSSR count). The molecule has 0 aliphatic rings. The maximum absolute atomic E-state index is 13.5. The van der Waals surface area contributed by atoms with Gasteiger partial charge in [0.15, 0.2) is 5.16 Å². The first-order valence-electron chi connectivity index (χ1n) is 11.2. The van der Waals surface area contributed by atoms with Crippen LogP contribution in [0.4, 0.5) is 0 Å². The molecule has 0 atom stereocenters. The first-order chi connectivity index (χ1) is 16.6. The minimum Gasteiger partial charge on any atom is -0.497 e. The molecule has 0 radical (unpaired) electrons. The van der Waals surface area contributed by atoms with E-state index in [9.17, 15) is 9.59 Å². The summed E-state index contributed by atoms with van der Waals surface area (Å²) in [6.07, 6.45) is 0.854. The summed E-state index contributed by atoms with van der Waals surface area (Å²) in [5.74, 6) is 1.25. The largest absolute Gasteiger partial charge is 0.497 e. The number of methoxy groups -OCH3 is 1. The second kappa shape index (κ2) is 11.0. The van der Waals surface area contributed by atoms with Crippen molar-refractivity contribution >= 4 is 28.6 Å². The number of hydrogen-bond donors (Lipinski definition) is 1. The van der Waals surface area contributed by atoms with Crippen molar-refractivity contribution in [1.29, 1.82) is 0 Å². The maximum Gasteiger partial charge on any atom is 0.262 e. The van der Waals surface area contributed by atoms with Crippen molar-refractivity contribution in [2.75, 3.05) is 13.7 Å². The van der Waals surface area contributed by atoms with E-state index >= 15 is 0 Å². The fourth-order valence-corrected chi connectivity index (χ4v) is 4.55. The van der Waals surface area contributed by atoms with Gasteiger partial charge in [-0.1, -0.05) is 61.2 Å². The van der Waals surface area contributed by atoms with E-state index in [2.05, 4.69) is 5.32 Å². The molecule has 0 spiro atoms. The standard InChI is InChI=1S/C27H27N3O3S/c1-3-14-28-25(31)21-12-13-23-24(16-21)29-27(34-18-20-10-7-11-22(15-20)33-2)30(26(23)32)17-19-8-5-4-6-9-19/h4-13,15-16H,3,14,17-18H2,1-2H3,(H,28,31). The zero-order chi connectivity index (χ0) is 23.9. The van der Waals surface area contributed by atoms with Crippen molar-refractivity contribution in [3.05, 3.63) is 99.8 Å². The number of benzene rings is 3. The highest BCUT2D eigenvalue weighted by Gasteiger charge is 2.15. The molecule has 4 aromatic rings. The Hall–Kier alpha value is -3.58. The van der Waals surface area contributed by atoms with Gasteiger partial charge in [-0.3, -0.25) is 14.2 Å². The van der Waals surface area contributed by atoms with Gasteiger partial charge in [0.05, 0.1) is 24.6 Å². The number of carbonyl (C=O) groups is 1. The summed E-state index contributed by atoms with van der Waals surface area (Å²) >= 11 is 1.49. The van der Waals surface area contributed by atoms with Crippen LogP contribution in [-0.2, 0) is 12.3 Å². The molecule has 34 heavy (non-hydrogen) atoms. The van der Waals surface area contributed by atoms with Crippen LogP contribution in [0.25, 0.3) is 10.9 Å². The number of rotatable bonds is 9. The van der Waals surface area contributed by atoms with Crippen molar-refractivity contribution in [1.82, 2.24) is 14.9 Å². The molecule has 3 aromatic carbocycles. The molecule has 7 heteroatoms. The van der Waals surface area contributed by atoms with Crippen molar-refractivity contribution in [3.63, 3.8) is 0 Å². The monoisotopic (exact) mass is 473 g/mol. The number of fused-ring (bicyclic) bond motifs is 1. The normalized spacial score (nSPS) is 10.9. The van der Waals surface area contributed by atoms with E-state index in [1.54, 1.807) is 29.9 Å². The maximum atomic E-state index is 13.5. The van der Waals surface area contributed by atoms with Gasteiger partial charge in [0.2, 0.25) is 0 Å². The number of carbonyl (C=O) groups excluding carboxylic acids is 1. The molecular formula is C27H27N3O3S. The van der Waals surface area contributed by atoms with Crippen LogP contribution in [-0.4, -0.2) is 29.1 Å². The highest BCUT2D eigenvalue weighted by atomic mass is 32.2. The van der Waals surface area contributed by atoms with Gasteiger partial charge in [-0.2, -0.15) is 0 Å². The second-order valence-corrected chi connectivity index (χ2v) is 8.84. The topological polar surface area (TPSA) is 73.2 Å². The summed E-state index contributed by atoms with van der Waals surface area (Å²) in [5.41, 5.74) is 2.98. The SMILES string of the molecule is CCCNC(=O)c1ccc2c(=O)n(Cc3ccccc3)c(SCc3cccc(OC)c3)nc2c1. The smallest absolute Gasteiger partial charge is 0.262 e. The highest BCUT2D eigenvalue weighted by molar-refractivity contribution is 7.98. The summed E-state index contributed by atoms with van der Waals surface area (Å²) in [4.78, 5) is 30.8. The molecule has 1 heterocycles. The number of thioether (sulfide) groups is 1. The van der Waals surface area contributed by atoms with Gasteiger partial charge < -0.3 is 10.1 Å². The molecule has 174 valence electrons. The van der Waals surface area contributed by atoms with Crippen LogP contribution in [0.2, 0.25) is 0 Å². The van der Waals surface area contributed by atoms with E-state index in [1.165, 1.54) is 11.8 Å². The summed E-state index contributed by atoms with van der Waals surface area (Å²) in [6.45, 7) is 3.02. The van der Waals surface area contributed by atoms with Gasteiger partial charge in [0, 0.05) is 17.9 Å². The van der Waals surface area contributed by atoms with Gasteiger partial charge in [0.25, 0.3) is 11.5 Å². The minimum absolute atomic E-state index is 0.123. The summed E-state index contributed by atoms with van der Waals surface area (Å²) in [7, 11) is 1.64. The Balaban J connectivity index is 1.74. The zero-order valence-corrected chi connectivity index (χ0v) is 20.1. The fraction of sp³-hybridized carbons (Fsp3) is 0.222. The minimum atomic E-state index is -0.162. The predicted molar refractivity (Wildman–Crippen MR) is 137 cm³/mol. The van der Waals surface area contributed by atoms with Gasteiger partial charge in [-0.25, -0.2) is 4.98 Å².